The van der Waals surface area contributed by atoms with Crippen LogP contribution in [0.15, 0.2) is 12.4 Å². The van der Waals surface area contributed by atoms with Crippen LogP contribution in [0.25, 0.3) is 0 Å². The highest BCUT2D eigenvalue weighted by atomic mass is 19.1. The zero-order valence-corrected chi connectivity index (χ0v) is 8.13. The van der Waals surface area contributed by atoms with Crippen molar-refractivity contribution in [2.45, 2.75) is 25.4 Å². The quantitative estimate of drug-likeness (QED) is 0.761. The van der Waals surface area contributed by atoms with Crippen LogP contribution in [-0.4, -0.2) is 21.8 Å². The zero-order chi connectivity index (χ0) is 9.90. The summed E-state index contributed by atoms with van der Waals surface area (Å²) in [6, 6.07) is 0. The van der Waals surface area contributed by atoms with Gasteiger partial charge in [-0.05, 0) is 6.42 Å². The largest absolute Gasteiger partial charge is 0.338 e. The summed E-state index contributed by atoms with van der Waals surface area (Å²) >= 11 is 0. The lowest BCUT2D eigenvalue weighted by molar-refractivity contribution is 0.163. The Morgan fingerprint density at radius 2 is 2.38 bits per heavy atom. The molecule has 1 aromatic heterocycles. The molecule has 1 heterocycles. The monoisotopic (exact) mass is 185 g/mol. The van der Waals surface area contributed by atoms with Crippen molar-refractivity contribution in [3.8, 4) is 0 Å². The third-order valence-electron chi connectivity index (χ3n) is 2.40. The van der Waals surface area contributed by atoms with Gasteiger partial charge in [0.05, 0.1) is 0 Å². The Morgan fingerprint density at radius 1 is 1.69 bits per heavy atom. The van der Waals surface area contributed by atoms with Crippen LogP contribution >= 0.6 is 0 Å². The molecule has 3 nitrogen and oxygen atoms in total. The number of hydrogen-bond donors (Lipinski definition) is 1. The number of alkyl halides is 1. The van der Waals surface area contributed by atoms with E-state index in [0.717, 1.165) is 5.82 Å². The lowest BCUT2D eigenvalue weighted by Crippen LogP contribution is -2.35. The maximum absolute atomic E-state index is 13.8. The summed E-state index contributed by atoms with van der Waals surface area (Å²) in [6.07, 6.45) is 4.20. The van der Waals surface area contributed by atoms with Crippen molar-refractivity contribution in [1.82, 2.24) is 9.55 Å². The highest BCUT2D eigenvalue weighted by Crippen LogP contribution is 2.19. The number of nitrogens with two attached hydrogens (primary N) is 1. The van der Waals surface area contributed by atoms with Crippen molar-refractivity contribution < 1.29 is 4.39 Å². The standard InChI is InChI=1S/C9H16FN3/c1-3-9(10,7-11)6-8-12-4-5-13(8)2/h4-5H,3,6-7,11H2,1-2H3. The second kappa shape index (κ2) is 3.87. The van der Waals surface area contributed by atoms with Crippen LogP contribution in [0.1, 0.15) is 19.2 Å². The summed E-state index contributed by atoms with van der Waals surface area (Å²) < 4.78 is 15.6. The molecule has 0 radical (unpaired) electrons. The van der Waals surface area contributed by atoms with E-state index in [-0.39, 0.29) is 6.54 Å². The van der Waals surface area contributed by atoms with E-state index in [4.69, 9.17) is 5.73 Å². The average molecular weight is 185 g/mol. The fourth-order valence-corrected chi connectivity index (χ4v) is 1.19. The lowest BCUT2D eigenvalue weighted by Gasteiger charge is -2.21. The molecule has 1 rings (SSSR count). The molecule has 0 aliphatic carbocycles. The Labute approximate surface area is 77.8 Å². The fourth-order valence-electron chi connectivity index (χ4n) is 1.19. The lowest BCUT2D eigenvalue weighted by atomic mass is 9.98. The van der Waals surface area contributed by atoms with Crippen molar-refractivity contribution in [2.24, 2.45) is 12.8 Å². The van der Waals surface area contributed by atoms with Gasteiger partial charge in [-0.25, -0.2) is 9.37 Å². The summed E-state index contributed by atoms with van der Waals surface area (Å²) in [5.41, 5.74) is 4.07. The van der Waals surface area contributed by atoms with Gasteiger partial charge in [0.1, 0.15) is 11.5 Å². The summed E-state index contributed by atoms with van der Waals surface area (Å²) in [5, 5.41) is 0. The molecule has 1 aromatic rings. The Balaban J connectivity index is 2.73. The molecule has 13 heavy (non-hydrogen) atoms. The first-order valence-electron chi connectivity index (χ1n) is 4.46. The Bertz CT molecular complexity index is 266. The molecule has 0 spiro atoms. The van der Waals surface area contributed by atoms with Crippen LogP contribution in [0.4, 0.5) is 4.39 Å². The summed E-state index contributed by atoms with van der Waals surface area (Å²) in [5.74, 6) is 0.745. The van der Waals surface area contributed by atoms with E-state index in [1.54, 1.807) is 13.1 Å². The van der Waals surface area contributed by atoms with Gasteiger partial charge in [0.2, 0.25) is 0 Å². The second-order valence-electron chi connectivity index (χ2n) is 3.34. The molecule has 0 fully saturated rings. The van der Waals surface area contributed by atoms with Gasteiger partial charge in [-0.2, -0.15) is 0 Å². The van der Waals surface area contributed by atoms with Gasteiger partial charge in [-0.3, -0.25) is 0 Å². The van der Waals surface area contributed by atoms with Gasteiger partial charge in [-0.15, -0.1) is 0 Å². The van der Waals surface area contributed by atoms with Crippen molar-refractivity contribution >= 4 is 0 Å². The van der Waals surface area contributed by atoms with Crippen molar-refractivity contribution in [2.75, 3.05) is 6.54 Å². The molecule has 0 aliphatic heterocycles. The second-order valence-corrected chi connectivity index (χ2v) is 3.34. The van der Waals surface area contributed by atoms with Crippen LogP contribution in [-0.2, 0) is 13.5 Å². The van der Waals surface area contributed by atoms with Gasteiger partial charge >= 0.3 is 0 Å². The van der Waals surface area contributed by atoms with Crippen LogP contribution in [0.3, 0.4) is 0 Å². The topological polar surface area (TPSA) is 43.8 Å². The fraction of sp³-hybridized carbons (Fsp3) is 0.667. The van der Waals surface area contributed by atoms with Crippen LogP contribution < -0.4 is 5.73 Å². The molecule has 2 N–H and O–H groups in total. The molecular weight excluding hydrogens is 169 g/mol. The molecule has 1 atom stereocenters. The predicted octanol–water partition coefficient (Wildman–Crippen LogP) is 1.04. The minimum absolute atomic E-state index is 0.0519. The molecule has 1 unspecified atom stereocenters. The van der Waals surface area contributed by atoms with Crippen molar-refractivity contribution in [3.63, 3.8) is 0 Å². The molecule has 0 amide bonds. The Morgan fingerprint density at radius 3 is 2.77 bits per heavy atom. The van der Waals surface area contributed by atoms with E-state index in [0.29, 0.717) is 12.8 Å². The molecule has 4 heteroatoms. The minimum atomic E-state index is -1.31. The average Bonchev–Trinajstić information content (AvgIpc) is 2.52. The van der Waals surface area contributed by atoms with E-state index >= 15 is 0 Å². The molecule has 0 bridgehead atoms. The minimum Gasteiger partial charge on any atom is -0.338 e. The van der Waals surface area contributed by atoms with E-state index in [9.17, 15) is 4.39 Å². The van der Waals surface area contributed by atoms with Crippen LogP contribution in [0.5, 0.6) is 0 Å². The molecule has 0 saturated carbocycles. The highest BCUT2D eigenvalue weighted by Gasteiger charge is 2.27. The first-order chi connectivity index (χ1) is 6.11. The number of imidazole rings is 1. The van der Waals surface area contributed by atoms with Crippen LogP contribution in [0.2, 0.25) is 0 Å². The van der Waals surface area contributed by atoms with E-state index in [1.807, 2.05) is 17.8 Å². The van der Waals surface area contributed by atoms with Crippen molar-refractivity contribution in [1.29, 1.82) is 0 Å². The van der Waals surface area contributed by atoms with E-state index in [2.05, 4.69) is 4.98 Å². The number of nitrogens with zero attached hydrogens (tertiary/aromatic N) is 2. The summed E-state index contributed by atoms with van der Waals surface area (Å²) in [7, 11) is 1.86. The molecule has 0 aliphatic rings. The maximum atomic E-state index is 13.8. The molecule has 74 valence electrons. The third-order valence-corrected chi connectivity index (χ3v) is 2.40. The first-order valence-corrected chi connectivity index (χ1v) is 4.46. The summed E-state index contributed by atoms with van der Waals surface area (Å²) in [6.45, 7) is 1.85. The van der Waals surface area contributed by atoms with Gasteiger partial charge in [0.15, 0.2) is 0 Å². The number of halogens is 1. The molecular formula is C9H16FN3. The summed E-state index contributed by atoms with van der Waals surface area (Å²) in [4.78, 5) is 4.06. The van der Waals surface area contributed by atoms with Gasteiger partial charge < -0.3 is 10.3 Å². The van der Waals surface area contributed by atoms with Crippen molar-refractivity contribution in [3.05, 3.63) is 18.2 Å². The van der Waals surface area contributed by atoms with Gasteiger partial charge in [0.25, 0.3) is 0 Å². The Kier molecular flexibility index (Phi) is 3.03. The van der Waals surface area contributed by atoms with E-state index in [1.165, 1.54) is 0 Å². The SMILES string of the molecule is CCC(F)(CN)Cc1nccn1C. The maximum Gasteiger partial charge on any atom is 0.129 e. The van der Waals surface area contributed by atoms with Gasteiger partial charge in [0, 0.05) is 32.4 Å². The third kappa shape index (κ3) is 2.28. The number of aromatic nitrogens is 2. The smallest absolute Gasteiger partial charge is 0.129 e. The normalized spacial score (nSPS) is 15.7. The highest BCUT2D eigenvalue weighted by molar-refractivity contribution is 4.98. The molecule has 0 aromatic carbocycles. The Hall–Kier alpha value is -0.900. The number of aryl methyl sites for hydroxylation is 1. The first kappa shape index (κ1) is 10.2. The molecule has 0 saturated heterocycles. The van der Waals surface area contributed by atoms with Crippen LogP contribution in [0, 0.1) is 0 Å². The predicted molar refractivity (Wildman–Crippen MR) is 50.1 cm³/mol. The van der Waals surface area contributed by atoms with Gasteiger partial charge in [-0.1, -0.05) is 6.92 Å². The number of rotatable bonds is 4. The zero-order valence-electron chi connectivity index (χ0n) is 8.13. The van der Waals surface area contributed by atoms with E-state index < -0.39 is 5.67 Å². The number of hydrogen-bond acceptors (Lipinski definition) is 2.